The maximum Gasteiger partial charge on any atom is 0.307 e. The number of benzene rings is 1. The molecule has 1 N–H and O–H groups in total. The van der Waals surface area contributed by atoms with Crippen molar-refractivity contribution < 1.29 is 18.7 Å². The number of hydrogen-bond acceptors (Lipinski definition) is 3. The Morgan fingerprint density at radius 2 is 2.17 bits per heavy atom. The van der Waals surface area contributed by atoms with E-state index < -0.39 is 11.7 Å². The molecule has 0 aromatic heterocycles. The monoisotopic (exact) mass is 253 g/mol. The number of hydrogen-bond donors (Lipinski definition) is 1. The van der Waals surface area contributed by atoms with Crippen LogP contribution in [0.2, 0.25) is 0 Å². The number of carbonyl (C=O) groups is 2. The number of ether oxygens (including phenoxy) is 1. The average molecular weight is 253 g/mol. The van der Waals surface area contributed by atoms with Gasteiger partial charge in [-0.1, -0.05) is 13.0 Å². The third-order valence-electron chi connectivity index (χ3n) is 2.17. The predicted octanol–water partition coefficient (Wildman–Crippen LogP) is 1.90. The summed E-state index contributed by atoms with van der Waals surface area (Å²) in [6, 6.07) is 5.37. The summed E-state index contributed by atoms with van der Waals surface area (Å²) < 4.78 is 17.7. The number of nitrogens with one attached hydrogen (secondary N) is 1. The van der Waals surface area contributed by atoms with Gasteiger partial charge in [0.1, 0.15) is 5.82 Å². The first kappa shape index (κ1) is 14.2. The van der Waals surface area contributed by atoms with Gasteiger partial charge in [-0.25, -0.2) is 4.39 Å². The summed E-state index contributed by atoms with van der Waals surface area (Å²) in [5.74, 6) is -1.22. The first-order chi connectivity index (χ1) is 8.63. The van der Waals surface area contributed by atoms with Crippen molar-refractivity contribution in [1.29, 1.82) is 0 Å². The Morgan fingerprint density at radius 1 is 1.39 bits per heavy atom. The van der Waals surface area contributed by atoms with Gasteiger partial charge >= 0.3 is 5.97 Å². The topological polar surface area (TPSA) is 55.4 Å². The van der Waals surface area contributed by atoms with Crippen molar-refractivity contribution in [1.82, 2.24) is 5.32 Å². The van der Waals surface area contributed by atoms with Crippen LogP contribution in [-0.2, 0) is 9.53 Å². The van der Waals surface area contributed by atoms with Crippen LogP contribution in [0.4, 0.5) is 4.39 Å². The largest absolute Gasteiger partial charge is 0.466 e. The Morgan fingerprint density at radius 3 is 2.83 bits per heavy atom. The molecule has 0 fully saturated rings. The second-order valence-corrected chi connectivity index (χ2v) is 3.74. The molecule has 1 aromatic carbocycles. The molecule has 0 radical (unpaired) electrons. The summed E-state index contributed by atoms with van der Waals surface area (Å²) in [5.41, 5.74) is 0.233. The summed E-state index contributed by atoms with van der Waals surface area (Å²) in [4.78, 5) is 22.7. The van der Waals surface area contributed by atoms with Crippen LogP contribution in [0.25, 0.3) is 0 Å². The van der Waals surface area contributed by atoms with Crippen molar-refractivity contribution >= 4 is 11.9 Å². The number of carbonyl (C=O) groups excluding carboxylic acids is 2. The van der Waals surface area contributed by atoms with Crippen LogP contribution in [0, 0.1) is 5.82 Å². The normalized spacial score (nSPS) is 9.89. The highest BCUT2D eigenvalue weighted by Gasteiger charge is 2.07. The highest BCUT2D eigenvalue weighted by atomic mass is 19.1. The zero-order valence-electron chi connectivity index (χ0n) is 10.2. The van der Waals surface area contributed by atoms with Gasteiger partial charge in [-0.3, -0.25) is 9.59 Å². The molecule has 18 heavy (non-hydrogen) atoms. The molecule has 0 spiro atoms. The minimum atomic E-state index is -0.468. The summed E-state index contributed by atoms with van der Waals surface area (Å²) in [6.07, 6.45) is 0.877. The fourth-order valence-corrected chi connectivity index (χ4v) is 1.30. The smallest absolute Gasteiger partial charge is 0.307 e. The van der Waals surface area contributed by atoms with E-state index in [-0.39, 0.29) is 24.5 Å². The third-order valence-corrected chi connectivity index (χ3v) is 2.17. The lowest BCUT2D eigenvalue weighted by atomic mass is 10.2. The molecule has 1 amide bonds. The van der Waals surface area contributed by atoms with Crippen molar-refractivity contribution in [2.45, 2.75) is 19.8 Å². The Bertz CT molecular complexity index is 420. The SMILES string of the molecule is CCCOC(=O)CCNC(=O)c1cccc(F)c1. The first-order valence-corrected chi connectivity index (χ1v) is 5.83. The summed E-state index contributed by atoms with van der Waals surface area (Å²) in [7, 11) is 0. The molecule has 0 saturated heterocycles. The molecule has 1 rings (SSSR count). The van der Waals surface area contributed by atoms with E-state index in [0.29, 0.717) is 6.61 Å². The van der Waals surface area contributed by atoms with Crippen LogP contribution in [0.5, 0.6) is 0 Å². The highest BCUT2D eigenvalue weighted by molar-refractivity contribution is 5.94. The summed E-state index contributed by atoms with van der Waals surface area (Å²) >= 11 is 0. The van der Waals surface area contributed by atoms with Crippen molar-refractivity contribution in [2.24, 2.45) is 0 Å². The lowest BCUT2D eigenvalue weighted by Crippen LogP contribution is -2.26. The molecule has 1 aromatic rings. The zero-order valence-corrected chi connectivity index (χ0v) is 10.2. The zero-order chi connectivity index (χ0) is 13.4. The molecule has 0 aliphatic carbocycles. The lowest BCUT2D eigenvalue weighted by Gasteiger charge is -2.05. The molecule has 0 aliphatic heterocycles. The van der Waals surface area contributed by atoms with Crippen molar-refractivity contribution in [2.75, 3.05) is 13.2 Å². The maximum atomic E-state index is 12.9. The van der Waals surface area contributed by atoms with Crippen molar-refractivity contribution in [3.63, 3.8) is 0 Å². The Kier molecular flexibility index (Phi) is 5.84. The maximum absolute atomic E-state index is 12.9. The fourth-order valence-electron chi connectivity index (χ4n) is 1.30. The van der Waals surface area contributed by atoms with Crippen LogP contribution < -0.4 is 5.32 Å². The third kappa shape index (κ3) is 4.95. The number of halogens is 1. The van der Waals surface area contributed by atoms with E-state index in [0.717, 1.165) is 12.5 Å². The molecule has 0 heterocycles. The van der Waals surface area contributed by atoms with Gasteiger partial charge in [0.15, 0.2) is 0 Å². The van der Waals surface area contributed by atoms with E-state index in [9.17, 15) is 14.0 Å². The molecule has 0 aliphatic rings. The average Bonchev–Trinajstić information content (AvgIpc) is 2.36. The number of amides is 1. The van der Waals surface area contributed by atoms with Crippen LogP contribution in [-0.4, -0.2) is 25.0 Å². The molecular formula is C13H16FNO3. The number of rotatable bonds is 6. The van der Waals surface area contributed by atoms with E-state index in [2.05, 4.69) is 5.32 Å². The quantitative estimate of drug-likeness (QED) is 0.788. The highest BCUT2D eigenvalue weighted by Crippen LogP contribution is 2.03. The van der Waals surface area contributed by atoms with Gasteiger partial charge in [0, 0.05) is 12.1 Å². The van der Waals surface area contributed by atoms with Gasteiger partial charge < -0.3 is 10.1 Å². The summed E-state index contributed by atoms with van der Waals surface area (Å²) in [5, 5.41) is 2.53. The molecular weight excluding hydrogens is 237 g/mol. The molecule has 0 unspecified atom stereocenters. The molecule has 98 valence electrons. The van der Waals surface area contributed by atoms with Crippen LogP contribution >= 0.6 is 0 Å². The Balaban J connectivity index is 2.31. The Hall–Kier alpha value is -1.91. The summed E-state index contributed by atoms with van der Waals surface area (Å²) in [6.45, 7) is 2.47. The fraction of sp³-hybridized carbons (Fsp3) is 0.385. The van der Waals surface area contributed by atoms with Crippen LogP contribution in [0.15, 0.2) is 24.3 Å². The van der Waals surface area contributed by atoms with Gasteiger partial charge in [0.2, 0.25) is 0 Å². The molecule has 4 nitrogen and oxygen atoms in total. The van der Waals surface area contributed by atoms with Crippen molar-refractivity contribution in [3.05, 3.63) is 35.6 Å². The van der Waals surface area contributed by atoms with E-state index >= 15 is 0 Å². The minimum absolute atomic E-state index is 0.112. The predicted molar refractivity (Wildman–Crippen MR) is 64.6 cm³/mol. The lowest BCUT2D eigenvalue weighted by molar-refractivity contribution is -0.143. The van der Waals surface area contributed by atoms with Crippen LogP contribution in [0.1, 0.15) is 30.1 Å². The molecule has 0 saturated carbocycles. The second-order valence-electron chi connectivity index (χ2n) is 3.74. The molecule has 0 atom stereocenters. The van der Waals surface area contributed by atoms with Crippen LogP contribution in [0.3, 0.4) is 0 Å². The number of esters is 1. The second kappa shape index (κ2) is 7.42. The van der Waals surface area contributed by atoms with Gasteiger partial charge in [-0.2, -0.15) is 0 Å². The van der Waals surface area contributed by atoms with Crippen molar-refractivity contribution in [3.8, 4) is 0 Å². The molecule has 5 heteroatoms. The van der Waals surface area contributed by atoms with E-state index in [1.165, 1.54) is 18.2 Å². The minimum Gasteiger partial charge on any atom is -0.466 e. The van der Waals surface area contributed by atoms with E-state index in [4.69, 9.17) is 4.74 Å². The Labute approximate surface area is 105 Å². The standard InChI is InChI=1S/C13H16FNO3/c1-2-8-18-12(16)6-7-15-13(17)10-4-3-5-11(14)9-10/h3-5,9H,2,6-8H2,1H3,(H,15,17). The van der Waals surface area contributed by atoms with Gasteiger partial charge in [-0.15, -0.1) is 0 Å². The van der Waals surface area contributed by atoms with Gasteiger partial charge in [0.05, 0.1) is 13.0 Å². The van der Waals surface area contributed by atoms with Gasteiger partial charge in [0.25, 0.3) is 5.91 Å². The van der Waals surface area contributed by atoms with E-state index in [1.54, 1.807) is 0 Å². The molecule has 0 bridgehead atoms. The van der Waals surface area contributed by atoms with Gasteiger partial charge in [-0.05, 0) is 24.6 Å². The van der Waals surface area contributed by atoms with E-state index in [1.807, 2.05) is 6.92 Å². The first-order valence-electron chi connectivity index (χ1n) is 5.83.